The molecule has 4 rings (SSSR count). The third-order valence-corrected chi connectivity index (χ3v) is 5.44. The van der Waals surface area contributed by atoms with E-state index in [-0.39, 0.29) is 18.1 Å². The molecule has 0 radical (unpaired) electrons. The molecule has 5 heteroatoms. The molecule has 0 saturated carbocycles. The molecule has 1 aliphatic rings. The van der Waals surface area contributed by atoms with E-state index in [0.717, 1.165) is 28.9 Å². The zero-order valence-corrected chi connectivity index (χ0v) is 15.8. The highest BCUT2D eigenvalue weighted by atomic mass is 16.5. The number of hydrogen-bond donors (Lipinski definition) is 2. The number of esters is 1. The molecule has 1 aliphatic heterocycles. The van der Waals surface area contributed by atoms with Crippen molar-refractivity contribution in [3.8, 4) is 5.75 Å². The number of benzene rings is 2. The maximum Gasteiger partial charge on any atom is 0.323 e. The van der Waals surface area contributed by atoms with Crippen LogP contribution >= 0.6 is 0 Å². The topological polar surface area (TPSA) is 63.4 Å². The smallest absolute Gasteiger partial charge is 0.323 e. The van der Waals surface area contributed by atoms with Gasteiger partial charge in [0.2, 0.25) is 0 Å². The third kappa shape index (κ3) is 2.98. The Hall–Kier alpha value is -2.79. The van der Waals surface area contributed by atoms with Crippen LogP contribution in [0.5, 0.6) is 5.75 Å². The Balaban J connectivity index is 1.88. The quantitative estimate of drug-likeness (QED) is 0.696. The zero-order chi connectivity index (χ0) is 19.0. The molecule has 2 unspecified atom stereocenters. The molecule has 2 N–H and O–H groups in total. The Morgan fingerprint density at radius 1 is 1.19 bits per heavy atom. The summed E-state index contributed by atoms with van der Waals surface area (Å²) in [6.07, 6.45) is 1.49. The van der Waals surface area contributed by atoms with Gasteiger partial charge >= 0.3 is 5.97 Å². The van der Waals surface area contributed by atoms with Gasteiger partial charge in [-0.3, -0.25) is 10.1 Å². The monoisotopic (exact) mass is 364 g/mol. The summed E-state index contributed by atoms with van der Waals surface area (Å²) < 4.78 is 10.4. The fraction of sp³-hybridized carbons (Fsp3) is 0.318. The van der Waals surface area contributed by atoms with E-state index in [2.05, 4.69) is 41.5 Å². The lowest BCUT2D eigenvalue weighted by Crippen LogP contribution is -2.45. The Labute approximate surface area is 158 Å². The molecule has 2 aromatic carbocycles. The van der Waals surface area contributed by atoms with Gasteiger partial charge in [0, 0.05) is 23.0 Å². The molecule has 0 amide bonds. The molecule has 3 aromatic rings. The predicted molar refractivity (Wildman–Crippen MR) is 105 cm³/mol. The number of nitrogens with one attached hydrogen (secondary N) is 2. The Kier molecular flexibility index (Phi) is 4.62. The van der Waals surface area contributed by atoms with Gasteiger partial charge in [-0.25, -0.2) is 0 Å². The number of aromatic amines is 1. The van der Waals surface area contributed by atoms with Gasteiger partial charge in [-0.05, 0) is 41.3 Å². The van der Waals surface area contributed by atoms with E-state index in [1.54, 1.807) is 7.11 Å². The zero-order valence-electron chi connectivity index (χ0n) is 15.8. The number of para-hydroxylation sites is 1. The normalized spacial score (nSPS) is 18.9. The second-order valence-electron chi connectivity index (χ2n) is 6.86. The lowest BCUT2D eigenvalue weighted by atomic mass is 9.88. The van der Waals surface area contributed by atoms with Crippen molar-refractivity contribution in [2.45, 2.75) is 31.8 Å². The van der Waals surface area contributed by atoms with Crippen LogP contribution in [-0.4, -0.2) is 31.2 Å². The largest absolute Gasteiger partial charge is 0.497 e. The van der Waals surface area contributed by atoms with Crippen molar-refractivity contribution in [1.29, 1.82) is 0 Å². The Bertz CT molecular complexity index is 992. The molecule has 2 atom stereocenters. The number of carbonyl (C=O) groups is 1. The maximum atomic E-state index is 12.4. The SMILES string of the molecule is CCc1cc(OC)ccc1C1NC(C(=O)OC)Cc2c1[nH]c1ccccc21. The first-order valence-electron chi connectivity index (χ1n) is 9.26. The average Bonchev–Trinajstić information content (AvgIpc) is 3.10. The molecule has 0 saturated heterocycles. The van der Waals surface area contributed by atoms with Crippen LogP contribution in [0, 0.1) is 0 Å². The summed E-state index contributed by atoms with van der Waals surface area (Å²) in [7, 11) is 3.12. The van der Waals surface area contributed by atoms with Crippen LogP contribution in [0.1, 0.15) is 35.3 Å². The van der Waals surface area contributed by atoms with E-state index in [0.29, 0.717) is 6.42 Å². The van der Waals surface area contributed by atoms with Gasteiger partial charge in [0.1, 0.15) is 11.8 Å². The lowest BCUT2D eigenvalue weighted by Gasteiger charge is -2.31. The molecular weight excluding hydrogens is 340 g/mol. The molecule has 5 nitrogen and oxygen atoms in total. The van der Waals surface area contributed by atoms with E-state index >= 15 is 0 Å². The number of rotatable bonds is 4. The van der Waals surface area contributed by atoms with Crippen LogP contribution in [0.15, 0.2) is 42.5 Å². The van der Waals surface area contributed by atoms with E-state index in [1.165, 1.54) is 23.6 Å². The van der Waals surface area contributed by atoms with Crippen LogP contribution in [0.3, 0.4) is 0 Å². The van der Waals surface area contributed by atoms with Crippen LogP contribution < -0.4 is 10.1 Å². The number of fused-ring (bicyclic) bond motifs is 3. The van der Waals surface area contributed by atoms with Crippen molar-refractivity contribution in [2.24, 2.45) is 0 Å². The van der Waals surface area contributed by atoms with Gasteiger partial charge in [0.25, 0.3) is 0 Å². The molecule has 1 aromatic heterocycles. The number of aromatic nitrogens is 1. The number of H-pyrrole nitrogens is 1. The number of ether oxygens (including phenoxy) is 2. The minimum Gasteiger partial charge on any atom is -0.497 e. The summed E-state index contributed by atoms with van der Waals surface area (Å²) in [5, 5.41) is 4.67. The van der Waals surface area contributed by atoms with Gasteiger partial charge in [-0.15, -0.1) is 0 Å². The summed E-state index contributed by atoms with van der Waals surface area (Å²) >= 11 is 0. The lowest BCUT2D eigenvalue weighted by molar-refractivity contribution is -0.143. The minimum atomic E-state index is -0.376. The van der Waals surface area contributed by atoms with Crippen LogP contribution in [0.4, 0.5) is 0 Å². The van der Waals surface area contributed by atoms with E-state index in [1.807, 2.05) is 18.2 Å². The summed E-state index contributed by atoms with van der Waals surface area (Å²) in [6, 6.07) is 13.9. The highest BCUT2D eigenvalue weighted by Crippen LogP contribution is 2.37. The van der Waals surface area contributed by atoms with Crippen molar-refractivity contribution >= 4 is 16.9 Å². The molecule has 0 bridgehead atoms. The Morgan fingerprint density at radius 2 is 2.00 bits per heavy atom. The van der Waals surface area contributed by atoms with Crippen LogP contribution in [-0.2, 0) is 22.4 Å². The minimum absolute atomic E-state index is 0.105. The van der Waals surface area contributed by atoms with Crippen LogP contribution in [0.25, 0.3) is 10.9 Å². The van der Waals surface area contributed by atoms with Crippen molar-refractivity contribution in [3.63, 3.8) is 0 Å². The van der Waals surface area contributed by atoms with E-state index in [9.17, 15) is 4.79 Å². The predicted octanol–water partition coefficient (Wildman–Crippen LogP) is 3.52. The molecule has 0 aliphatic carbocycles. The first kappa shape index (κ1) is 17.6. The highest BCUT2D eigenvalue weighted by molar-refractivity contribution is 5.87. The van der Waals surface area contributed by atoms with Crippen molar-refractivity contribution in [1.82, 2.24) is 10.3 Å². The molecular formula is C22H24N2O3. The summed E-state index contributed by atoms with van der Waals surface area (Å²) in [5.41, 5.74) is 5.74. The number of methoxy groups -OCH3 is 2. The summed E-state index contributed by atoms with van der Waals surface area (Å²) in [4.78, 5) is 15.9. The molecule has 0 spiro atoms. The molecule has 0 fully saturated rings. The molecule has 140 valence electrons. The number of aryl methyl sites for hydroxylation is 1. The maximum absolute atomic E-state index is 12.4. The second kappa shape index (κ2) is 7.08. The first-order valence-corrected chi connectivity index (χ1v) is 9.26. The van der Waals surface area contributed by atoms with E-state index in [4.69, 9.17) is 9.47 Å². The molecule has 27 heavy (non-hydrogen) atoms. The van der Waals surface area contributed by atoms with Gasteiger partial charge in [-0.1, -0.05) is 31.2 Å². The molecule has 2 heterocycles. The van der Waals surface area contributed by atoms with Gasteiger partial charge < -0.3 is 14.5 Å². The first-order chi connectivity index (χ1) is 13.2. The standard InChI is InChI=1S/C22H24N2O3/c1-4-13-11-14(26-2)9-10-15(13)20-21-17(12-19(24-20)22(25)27-3)16-7-5-6-8-18(16)23-21/h5-11,19-20,23-24H,4,12H2,1-3H3. The number of carbonyl (C=O) groups excluding carboxylic acids is 1. The Morgan fingerprint density at radius 3 is 2.74 bits per heavy atom. The summed E-state index contributed by atoms with van der Waals surface area (Å²) in [6.45, 7) is 2.13. The second-order valence-corrected chi connectivity index (χ2v) is 6.86. The van der Waals surface area contributed by atoms with Gasteiger partial charge in [0.05, 0.1) is 20.3 Å². The third-order valence-electron chi connectivity index (χ3n) is 5.44. The number of hydrogen-bond acceptors (Lipinski definition) is 4. The van der Waals surface area contributed by atoms with Crippen LogP contribution in [0.2, 0.25) is 0 Å². The fourth-order valence-corrected chi connectivity index (χ4v) is 4.07. The van der Waals surface area contributed by atoms with Crippen molar-refractivity contribution < 1.29 is 14.3 Å². The van der Waals surface area contributed by atoms with Crippen molar-refractivity contribution in [2.75, 3.05) is 14.2 Å². The highest BCUT2D eigenvalue weighted by Gasteiger charge is 2.35. The van der Waals surface area contributed by atoms with E-state index < -0.39 is 0 Å². The fourth-order valence-electron chi connectivity index (χ4n) is 4.07. The van der Waals surface area contributed by atoms with Gasteiger partial charge in [0.15, 0.2) is 0 Å². The average molecular weight is 364 g/mol. The summed E-state index contributed by atoms with van der Waals surface area (Å²) in [5.74, 6) is 0.607. The van der Waals surface area contributed by atoms with Crippen molar-refractivity contribution in [3.05, 3.63) is 64.8 Å². The van der Waals surface area contributed by atoms with Gasteiger partial charge in [-0.2, -0.15) is 0 Å².